The largest absolute Gasteiger partial charge is 0.317 e. The standard InChI is InChI=1S/C8H19N.C5H11N/c1-3-5-7-9-8-6-4-2;1-2-4-6-5-3-1/h9H,3-8H2,1-2H3;6H,1-5H2. The van der Waals surface area contributed by atoms with E-state index in [-0.39, 0.29) is 0 Å². The first-order valence-corrected chi connectivity index (χ1v) is 6.83. The molecule has 0 radical (unpaired) electrons. The zero-order valence-electron chi connectivity index (χ0n) is 10.8. The number of piperidine rings is 1. The van der Waals surface area contributed by atoms with Gasteiger partial charge in [0.2, 0.25) is 0 Å². The lowest BCUT2D eigenvalue weighted by Gasteiger charge is -2.08. The summed E-state index contributed by atoms with van der Waals surface area (Å²) in [5.74, 6) is 0. The number of unbranched alkanes of at least 4 members (excludes halogenated alkanes) is 2. The third-order valence-corrected chi connectivity index (χ3v) is 2.62. The second-order valence-corrected chi connectivity index (χ2v) is 4.27. The summed E-state index contributed by atoms with van der Waals surface area (Å²) in [5, 5.41) is 6.67. The Kier molecular flexibility index (Phi) is 13.8. The van der Waals surface area contributed by atoms with Gasteiger partial charge in [-0.1, -0.05) is 33.1 Å². The summed E-state index contributed by atoms with van der Waals surface area (Å²) in [6.45, 7) is 9.36. The Morgan fingerprint density at radius 3 is 1.67 bits per heavy atom. The van der Waals surface area contributed by atoms with Crippen molar-refractivity contribution in [3.05, 3.63) is 0 Å². The van der Waals surface area contributed by atoms with E-state index in [0.29, 0.717) is 0 Å². The summed E-state index contributed by atoms with van der Waals surface area (Å²) in [6.07, 6.45) is 9.47. The molecule has 1 aliphatic rings. The molecule has 0 atom stereocenters. The highest BCUT2D eigenvalue weighted by molar-refractivity contribution is 4.55. The average Bonchev–Trinajstić information content (AvgIpc) is 2.32. The zero-order chi connectivity index (χ0) is 11.2. The van der Waals surface area contributed by atoms with Crippen LogP contribution in [0, 0.1) is 0 Å². The van der Waals surface area contributed by atoms with Crippen LogP contribution in [0.2, 0.25) is 0 Å². The topological polar surface area (TPSA) is 24.1 Å². The van der Waals surface area contributed by atoms with Crippen LogP contribution in [0.1, 0.15) is 58.8 Å². The summed E-state index contributed by atoms with van der Waals surface area (Å²) in [7, 11) is 0. The summed E-state index contributed by atoms with van der Waals surface area (Å²) < 4.78 is 0. The molecule has 1 rings (SSSR count). The average molecular weight is 214 g/mol. The summed E-state index contributed by atoms with van der Waals surface area (Å²) in [5.41, 5.74) is 0. The minimum atomic E-state index is 1.20. The lowest BCUT2D eigenvalue weighted by molar-refractivity contribution is 0.520. The Morgan fingerprint density at radius 2 is 1.40 bits per heavy atom. The Morgan fingerprint density at radius 1 is 0.867 bits per heavy atom. The van der Waals surface area contributed by atoms with E-state index in [4.69, 9.17) is 0 Å². The highest BCUT2D eigenvalue weighted by atomic mass is 14.9. The smallest absolute Gasteiger partial charge is 0.00489 e. The first kappa shape index (κ1) is 14.9. The maximum absolute atomic E-state index is 3.39. The lowest BCUT2D eigenvalue weighted by Crippen LogP contribution is -2.21. The highest BCUT2D eigenvalue weighted by Gasteiger charge is 1.93. The molecule has 2 heteroatoms. The van der Waals surface area contributed by atoms with Crippen LogP contribution < -0.4 is 10.6 Å². The Balaban J connectivity index is 0.000000280. The molecule has 0 spiro atoms. The van der Waals surface area contributed by atoms with Gasteiger partial charge in [0.15, 0.2) is 0 Å². The third-order valence-electron chi connectivity index (χ3n) is 2.62. The quantitative estimate of drug-likeness (QED) is 0.664. The Bertz CT molecular complexity index is 83.2. The molecule has 1 heterocycles. The minimum Gasteiger partial charge on any atom is -0.317 e. The molecule has 1 saturated heterocycles. The van der Waals surface area contributed by atoms with Gasteiger partial charge < -0.3 is 10.6 Å². The molecule has 1 aliphatic heterocycles. The van der Waals surface area contributed by atoms with E-state index in [9.17, 15) is 0 Å². The molecular weight excluding hydrogens is 184 g/mol. The van der Waals surface area contributed by atoms with E-state index in [1.165, 1.54) is 71.1 Å². The molecule has 0 amide bonds. The maximum atomic E-state index is 3.39. The summed E-state index contributed by atoms with van der Waals surface area (Å²) in [4.78, 5) is 0. The van der Waals surface area contributed by atoms with Crippen molar-refractivity contribution in [1.29, 1.82) is 0 Å². The van der Waals surface area contributed by atoms with Gasteiger partial charge in [-0.05, 0) is 51.9 Å². The molecule has 15 heavy (non-hydrogen) atoms. The van der Waals surface area contributed by atoms with E-state index >= 15 is 0 Å². The van der Waals surface area contributed by atoms with Crippen molar-refractivity contribution in [2.45, 2.75) is 58.8 Å². The number of rotatable bonds is 6. The zero-order valence-corrected chi connectivity index (χ0v) is 10.8. The van der Waals surface area contributed by atoms with Crippen LogP contribution in [-0.2, 0) is 0 Å². The molecule has 0 aromatic rings. The Labute approximate surface area is 96.2 Å². The Hall–Kier alpha value is -0.0800. The van der Waals surface area contributed by atoms with E-state index in [2.05, 4.69) is 24.5 Å². The van der Waals surface area contributed by atoms with E-state index in [1.54, 1.807) is 0 Å². The van der Waals surface area contributed by atoms with Gasteiger partial charge in [0.25, 0.3) is 0 Å². The monoisotopic (exact) mass is 214 g/mol. The molecule has 0 unspecified atom stereocenters. The molecule has 2 N–H and O–H groups in total. The van der Waals surface area contributed by atoms with Gasteiger partial charge in [-0.3, -0.25) is 0 Å². The fraction of sp³-hybridized carbons (Fsp3) is 1.00. The van der Waals surface area contributed by atoms with Crippen molar-refractivity contribution in [2.75, 3.05) is 26.2 Å². The van der Waals surface area contributed by atoms with Crippen molar-refractivity contribution >= 4 is 0 Å². The van der Waals surface area contributed by atoms with Crippen LogP contribution in [-0.4, -0.2) is 26.2 Å². The van der Waals surface area contributed by atoms with Crippen LogP contribution in [0.15, 0.2) is 0 Å². The third kappa shape index (κ3) is 13.9. The van der Waals surface area contributed by atoms with Crippen LogP contribution in [0.4, 0.5) is 0 Å². The molecule has 2 nitrogen and oxygen atoms in total. The first-order valence-electron chi connectivity index (χ1n) is 6.83. The van der Waals surface area contributed by atoms with Gasteiger partial charge in [0.05, 0.1) is 0 Å². The van der Waals surface area contributed by atoms with Crippen molar-refractivity contribution < 1.29 is 0 Å². The van der Waals surface area contributed by atoms with Crippen molar-refractivity contribution in [3.63, 3.8) is 0 Å². The molecule has 1 fully saturated rings. The molecule has 0 aromatic carbocycles. The number of hydrogen-bond donors (Lipinski definition) is 2. The minimum absolute atomic E-state index is 1.20. The van der Waals surface area contributed by atoms with Crippen molar-refractivity contribution in [1.82, 2.24) is 10.6 Å². The first-order chi connectivity index (χ1) is 7.41. The second kappa shape index (κ2) is 13.9. The molecule has 0 bridgehead atoms. The fourth-order valence-corrected chi connectivity index (χ4v) is 1.53. The van der Waals surface area contributed by atoms with Gasteiger partial charge in [0.1, 0.15) is 0 Å². The van der Waals surface area contributed by atoms with E-state index in [1.807, 2.05) is 0 Å². The molecular formula is C13H30N2. The molecule has 0 aromatic heterocycles. The van der Waals surface area contributed by atoms with Gasteiger partial charge >= 0.3 is 0 Å². The summed E-state index contributed by atoms with van der Waals surface area (Å²) in [6, 6.07) is 0. The van der Waals surface area contributed by atoms with Gasteiger partial charge in [-0.2, -0.15) is 0 Å². The molecule has 0 aliphatic carbocycles. The van der Waals surface area contributed by atoms with Crippen LogP contribution >= 0.6 is 0 Å². The van der Waals surface area contributed by atoms with Crippen molar-refractivity contribution in [3.8, 4) is 0 Å². The van der Waals surface area contributed by atoms with Crippen LogP contribution in [0.3, 0.4) is 0 Å². The SMILES string of the molecule is C1CCNCC1.CCCCNCCCC. The van der Waals surface area contributed by atoms with E-state index in [0.717, 1.165) is 0 Å². The van der Waals surface area contributed by atoms with Gasteiger partial charge in [0, 0.05) is 0 Å². The van der Waals surface area contributed by atoms with Gasteiger partial charge in [-0.25, -0.2) is 0 Å². The number of hydrogen-bond acceptors (Lipinski definition) is 2. The summed E-state index contributed by atoms with van der Waals surface area (Å²) >= 11 is 0. The fourth-order valence-electron chi connectivity index (χ4n) is 1.53. The predicted octanol–water partition coefficient (Wildman–Crippen LogP) is 2.94. The van der Waals surface area contributed by atoms with Gasteiger partial charge in [-0.15, -0.1) is 0 Å². The predicted molar refractivity (Wildman–Crippen MR) is 69.4 cm³/mol. The van der Waals surface area contributed by atoms with Crippen molar-refractivity contribution in [2.24, 2.45) is 0 Å². The highest BCUT2D eigenvalue weighted by Crippen LogP contribution is 1.96. The second-order valence-electron chi connectivity index (χ2n) is 4.27. The normalized spacial score (nSPS) is 15.6. The van der Waals surface area contributed by atoms with Crippen LogP contribution in [0.25, 0.3) is 0 Å². The molecule has 92 valence electrons. The van der Waals surface area contributed by atoms with Crippen LogP contribution in [0.5, 0.6) is 0 Å². The molecule has 0 saturated carbocycles. The lowest BCUT2D eigenvalue weighted by atomic mass is 10.2. The number of nitrogens with one attached hydrogen (secondary N) is 2. The van der Waals surface area contributed by atoms with E-state index < -0.39 is 0 Å². The maximum Gasteiger partial charge on any atom is -0.00489 e.